The van der Waals surface area contributed by atoms with Gasteiger partial charge < -0.3 is 25.0 Å². The minimum Gasteiger partial charge on any atom is -0.480 e. The maximum atomic E-state index is 12.4. The van der Waals surface area contributed by atoms with Crippen molar-refractivity contribution < 1.29 is 14.3 Å². The van der Waals surface area contributed by atoms with Crippen LogP contribution in [0.15, 0.2) is 24.5 Å². The summed E-state index contributed by atoms with van der Waals surface area (Å²) in [6.07, 6.45) is 4.99. The Labute approximate surface area is 177 Å². The Morgan fingerprint density at radius 1 is 1.30 bits per heavy atom. The average molecular weight is 415 g/mol. The standard InChI is InChI=1S/C21H30N6O3/c1-14-12-23-19(25-16-9-6-10-22-18(16)29-5)26-17(14)24-15-8-7-11-27(13-15)20(28)30-21(2,3)4/h6,9-10,12,15H,7-8,11,13H2,1-5H3,(H2,23,24,25,26)/t15-/m1/s1. The van der Waals surface area contributed by atoms with Crippen LogP contribution in [0.25, 0.3) is 0 Å². The van der Waals surface area contributed by atoms with Gasteiger partial charge in [-0.3, -0.25) is 0 Å². The first-order valence-electron chi connectivity index (χ1n) is 10.1. The summed E-state index contributed by atoms with van der Waals surface area (Å²) in [5.41, 5.74) is 1.10. The lowest BCUT2D eigenvalue weighted by molar-refractivity contribution is 0.0206. The lowest BCUT2D eigenvalue weighted by Crippen LogP contribution is -2.47. The molecule has 1 aliphatic rings. The van der Waals surface area contributed by atoms with Crippen molar-refractivity contribution >= 4 is 23.5 Å². The second-order valence-corrected chi connectivity index (χ2v) is 8.32. The lowest BCUT2D eigenvalue weighted by atomic mass is 10.1. The van der Waals surface area contributed by atoms with Gasteiger partial charge in [-0.25, -0.2) is 14.8 Å². The molecule has 0 bridgehead atoms. The maximum Gasteiger partial charge on any atom is 0.410 e. The smallest absolute Gasteiger partial charge is 0.410 e. The largest absolute Gasteiger partial charge is 0.480 e. The molecule has 0 unspecified atom stereocenters. The molecule has 0 aliphatic carbocycles. The fourth-order valence-corrected chi connectivity index (χ4v) is 3.20. The van der Waals surface area contributed by atoms with Gasteiger partial charge in [-0.15, -0.1) is 0 Å². The zero-order valence-corrected chi connectivity index (χ0v) is 18.2. The van der Waals surface area contributed by atoms with E-state index in [1.54, 1.807) is 24.4 Å². The third-order valence-corrected chi connectivity index (χ3v) is 4.60. The predicted octanol–water partition coefficient (Wildman–Crippen LogP) is 3.74. The van der Waals surface area contributed by atoms with E-state index in [-0.39, 0.29) is 12.1 Å². The number of hydrogen-bond acceptors (Lipinski definition) is 8. The molecule has 2 aromatic rings. The number of pyridine rings is 1. The summed E-state index contributed by atoms with van der Waals surface area (Å²) >= 11 is 0. The monoisotopic (exact) mass is 414 g/mol. The summed E-state index contributed by atoms with van der Waals surface area (Å²) in [4.78, 5) is 27.3. The van der Waals surface area contributed by atoms with Gasteiger partial charge in [0.25, 0.3) is 0 Å². The number of hydrogen-bond donors (Lipinski definition) is 2. The number of anilines is 3. The third kappa shape index (κ3) is 5.71. The number of likely N-dealkylation sites (tertiary alicyclic amines) is 1. The molecule has 9 heteroatoms. The second kappa shape index (κ2) is 9.15. The van der Waals surface area contributed by atoms with Crippen LogP contribution in [0.1, 0.15) is 39.2 Å². The van der Waals surface area contributed by atoms with E-state index in [0.717, 1.165) is 24.2 Å². The molecule has 9 nitrogen and oxygen atoms in total. The topological polar surface area (TPSA) is 102 Å². The number of methoxy groups -OCH3 is 1. The number of carbonyl (C=O) groups excluding carboxylic acids is 1. The van der Waals surface area contributed by atoms with Crippen molar-refractivity contribution in [2.45, 2.75) is 52.2 Å². The highest BCUT2D eigenvalue weighted by atomic mass is 16.6. The van der Waals surface area contributed by atoms with Crippen LogP contribution in [0.3, 0.4) is 0 Å². The van der Waals surface area contributed by atoms with Crippen molar-refractivity contribution in [2.75, 3.05) is 30.8 Å². The lowest BCUT2D eigenvalue weighted by Gasteiger charge is -2.34. The Bertz CT molecular complexity index is 883. The highest BCUT2D eigenvalue weighted by Gasteiger charge is 2.28. The zero-order chi connectivity index (χ0) is 21.7. The van der Waals surface area contributed by atoms with E-state index in [4.69, 9.17) is 9.47 Å². The van der Waals surface area contributed by atoms with Crippen molar-refractivity contribution in [1.29, 1.82) is 0 Å². The van der Waals surface area contributed by atoms with Gasteiger partial charge >= 0.3 is 6.09 Å². The molecule has 1 atom stereocenters. The van der Waals surface area contributed by atoms with Crippen molar-refractivity contribution in [1.82, 2.24) is 19.9 Å². The summed E-state index contributed by atoms with van der Waals surface area (Å²) in [6, 6.07) is 3.74. The van der Waals surface area contributed by atoms with E-state index in [9.17, 15) is 4.79 Å². The van der Waals surface area contributed by atoms with Crippen LogP contribution < -0.4 is 15.4 Å². The number of ether oxygens (including phenoxy) is 2. The first-order chi connectivity index (χ1) is 14.2. The predicted molar refractivity (Wildman–Crippen MR) is 115 cm³/mol. The highest BCUT2D eigenvalue weighted by Crippen LogP contribution is 2.25. The molecule has 0 spiro atoms. The molecule has 1 saturated heterocycles. The number of nitrogens with one attached hydrogen (secondary N) is 2. The van der Waals surface area contributed by atoms with Crippen LogP contribution in [-0.2, 0) is 4.74 Å². The third-order valence-electron chi connectivity index (χ3n) is 4.60. The maximum absolute atomic E-state index is 12.4. The molecular formula is C21H30N6O3. The Morgan fingerprint density at radius 3 is 2.83 bits per heavy atom. The summed E-state index contributed by atoms with van der Waals surface area (Å²) in [6.45, 7) is 8.84. The van der Waals surface area contributed by atoms with Gasteiger partial charge in [0.15, 0.2) is 0 Å². The van der Waals surface area contributed by atoms with E-state index in [2.05, 4.69) is 25.6 Å². The van der Waals surface area contributed by atoms with Crippen LogP contribution in [0.5, 0.6) is 5.88 Å². The Morgan fingerprint density at radius 2 is 2.10 bits per heavy atom. The fourth-order valence-electron chi connectivity index (χ4n) is 3.20. The SMILES string of the molecule is COc1ncccc1Nc1ncc(C)c(N[C@@H]2CCCN(C(=O)OC(C)(C)C)C2)n1. The van der Waals surface area contributed by atoms with Gasteiger partial charge in [0.1, 0.15) is 17.1 Å². The molecule has 1 amide bonds. The van der Waals surface area contributed by atoms with Crippen molar-refractivity contribution in [2.24, 2.45) is 0 Å². The van der Waals surface area contributed by atoms with Gasteiger partial charge in [0, 0.05) is 37.1 Å². The van der Waals surface area contributed by atoms with Crippen LogP contribution in [0.2, 0.25) is 0 Å². The van der Waals surface area contributed by atoms with Gasteiger partial charge in [0.05, 0.1) is 7.11 Å². The van der Waals surface area contributed by atoms with Crippen LogP contribution >= 0.6 is 0 Å². The highest BCUT2D eigenvalue weighted by molar-refractivity contribution is 5.68. The number of aromatic nitrogens is 3. The van der Waals surface area contributed by atoms with Crippen LogP contribution in [-0.4, -0.2) is 57.8 Å². The molecule has 3 rings (SSSR count). The first kappa shape index (κ1) is 21.6. The molecule has 0 saturated carbocycles. The number of piperidine rings is 1. The quantitative estimate of drug-likeness (QED) is 0.763. The van der Waals surface area contributed by atoms with Gasteiger partial charge in [-0.1, -0.05) is 0 Å². The van der Waals surface area contributed by atoms with Crippen molar-refractivity contribution in [3.63, 3.8) is 0 Å². The van der Waals surface area contributed by atoms with E-state index in [1.165, 1.54) is 0 Å². The summed E-state index contributed by atoms with van der Waals surface area (Å²) in [5.74, 6) is 1.64. The number of rotatable bonds is 5. The van der Waals surface area contributed by atoms with Crippen LogP contribution in [0.4, 0.5) is 22.2 Å². The van der Waals surface area contributed by atoms with Gasteiger partial charge in [0.2, 0.25) is 11.8 Å². The summed E-state index contributed by atoms with van der Waals surface area (Å²) in [7, 11) is 1.57. The first-order valence-corrected chi connectivity index (χ1v) is 10.1. The molecule has 3 heterocycles. The Balaban J connectivity index is 1.69. The molecule has 0 radical (unpaired) electrons. The molecule has 1 aliphatic heterocycles. The molecular weight excluding hydrogens is 384 g/mol. The van der Waals surface area contributed by atoms with Crippen LogP contribution in [0, 0.1) is 6.92 Å². The molecule has 162 valence electrons. The second-order valence-electron chi connectivity index (χ2n) is 8.32. The molecule has 2 aromatic heterocycles. The molecule has 30 heavy (non-hydrogen) atoms. The Kier molecular flexibility index (Phi) is 6.59. The van der Waals surface area contributed by atoms with Crippen molar-refractivity contribution in [3.05, 3.63) is 30.1 Å². The molecule has 2 N–H and O–H groups in total. The summed E-state index contributed by atoms with van der Waals surface area (Å²) in [5, 5.41) is 6.61. The minimum absolute atomic E-state index is 0.0839. The Hall–Kier alpha value is -3.10. The van der Waals surface area contributed by atoms with E-state index >= 15 is 0 Å². The summed E-state index contributed by atoms with van der Waals surface area (Å²) < 4.78 is 10.8. The van der Waals surface area contributed by atoms with E-state index in [0.29, 0.717) is 30.6 Å². The fraction of sp³-hybridized carbons (Fsp3) is 0.524. The van der Waals surface area contributed by atoms with E-state index < -0.39 is 5.60 Å². The minimum atomic E-state index is -0.505. The van der Waals surface area contributed by atoms with Gasteiger partial charge in [-0.2, -0.15) is 4.98 Å². The normalized spacial score (nSPS) is 16.7. The molecule has 1 fully saturated rings. The number of aryl methyl sites for hydroxylation is 1. The number of nitrogens with zero attached hydrogens (tertiary/aromatic N) is 4. The van der Waals surface area contributed by atoms with Gasteiger partial charge in [-0.05, 0) is 52.7 Å². The number of amides is 1. The average Bonchev–Trinajstić information content (AvgIpc) is 2.70. The molecule has 0 aromatic carbocycles. The number of carbonyl (C=O) groups is 1. The van der Waals surface area contributed by atoms with E-state index in [1.807, 2.05) is 39.8 Å². The van der Waals surface area contributed by atoms with Crippen molar-refractivity contribution in [3.8, 4) is 5.88 Å². The zero-order valence-electron chi connectivity index (χ0n) is 18.2.